The van der Waals surface area contributed by atoms with Crippen LogP contribution in [0, 0.1) is 0 Å². The van der Waals surface area contributed by atoms with Crippen molar-refractivity contribution in [3.63, 3.8) is 0 Å². The van der Waals surface area contributed by atoms with Crippen LogP contribution >= 0.6 is 0 Å². The van der Waals surface area contributed by atoms with Crippen LogP contribution in [0.5, 0.6) is 0 Å². The summed E-state index contributed by atoms with van der Waals surface area (Å²) in [5.41, 5.74) is 15.3. The van der Waals surface area contributed by atoms with Crippen LogP contribution in [0.15, 0.2) is 170 Å². The summed E-state index contributed by atoms with van der Waals surface area (Å²) in [4.78, 5) is 10.0. The van der Waals surface area contributed by atoms with Crippen molar-refractivity contribution in [1.29, 1.82) is 0 Å². The Kier molecular flexibility index (Phi) is 6.84. The first-order valence-electron chi connectivity index (χ1n) is 16.9. The Hall–Kier alpha value is -6.12. The molecule has 8 aromatic rings. The van der Waals surface area contributed by atoms with Gasteiger partial charge in [0.25, 0.3) is 0 Å². The van der Waals surface area contributed by atoms with E-state index in [9.17, 15) is 0 Å². The highest BCUT2D eigenvalue weighted by Gasteiger charge is 2.37. The average Bonchev–Trinajstić information content (AvgIpc) is 3.39. The summed E-state index contributed by atoms with van der Waals surface area (Å²) in [5, 5.41) is 2.58. The molecule has 0 unspecified atom stereocenters. The second-order valence-corrected chi connectivity index (χ2v) is 13.4. The van der Waals surface area contributed by atoms with E-state index in [1.807, 2.05) is 36.4 Å². The third-order valence-electron chi connectivity index (χ3n) is 10.1. The minimum absolute atomic E-state index is 0.0570. The van der Waals surface area contributed by atoms with E-state index in [4.69, 9.17) is 9.97 Å². The molecule has 1 aliphatic carbocycles. The van der Waals surface area contributed by atoms with E-state index in [0.717, 1.165) is 39.5 Å². The van der Waals surface area contributed by atoms with Crippen LogP contribution in [-0.4, -0.2) is 9.97 Å². The van der Waals surface area contributed by atoms with E-state index in [1.54, 1.807) is 0 Å². The van der Waals surface area contributed by atoms with Gasteiger partial charge in [0.2, 0.25) is 0 Å². The lowest BCUT2D eigenvalue weighted by Crippen LogP contribution is -2.14. The summed E-state index contributed by atoms with van der Waals surface area (Å²) in [6.45, 7) is 4.71. The van der Waals surface area contributed by atoms with E-state index in [2.05, 4.69) is 147 Å². The molecule has 2 heteroatoms. The topological polar surface area (TPSA) is 25.8 Å². The van der Waals surface area contributed by atoms with Gasteiger partial charge < -0.3 is 0 Å². The van der Waals surface area contributed by atoms with Gasteiger partial charge in [0.15, 0.2) is 5.82 Å². The predicted molar refractivity (Wildman–Crippen MR) is 204 cm³/mol. The molecule has 0 atom stereocenters. The molecule has 0 saturated heterocycles. The molecule has 0 saturated carbocycles. The molecule has 0 radical (unpaired) electrons. The van der Waals surface area contributed by atoms with E-state index >= 15 is 0 Å². The molecule has 0 amide bonds. The second kappa shape index (κ2) is 11.5. The van der Waals surface area contributed by atoms with Crippen molar-refractivity contribution in [1.82, 2.24) is 9.97 Å². The first-order chi connectivity index (χ1) is 24.0. The van der Waals surface area contributed by atoms with Crippen molar-refractivity contribution in [2.75, 3.05) is 0 Å². The number of nitrogens with zero attached hydrogens (tertiary/aromatic N) is 2. The Morgan fingerprint density at radius 1 is 0.367 bits per heavy atom. The van der Waals surface area contributed by atoms with Gasteiger partial charge in [-0.2, -0.15) is 0 Å². The Morgan fingerprint density at radius 2 is 0.878 bits per heavy atom. The van der Waals surface area contributed by atoms with Crippen LogP contribution in [0.4, 0.5) is 0 Å². The van der Waals surface area contributed by atoms with Gasteiger partial charge >= 0.3 is 0 Å². The minimum Gasteiger partial charge on any atom is -0.228 e. The standard InChI is InChI=1S/C47H34N2/c1-47(2)41-19-11-18-39(45(41)40-28-37-16-9-10-17-38(37)29-42(40)47)33-24-20-31(21-25-33)32-22-26-36(27-23-32)46-48-43(34-12-5-3-6-13-34)30-44(49-46)35-14-7-4-8-15-35/h3-30H,1-2H3. The van der Waals surface area contributed by atoms with Gasteiger partial charge in [-0.25, -0.2) is 9.97 Å². The third kappa shape index (κ3) is 5.05. The molecule has 2 nitrogen and oxygen atoms in total. The predicted octanol–water partition coefficient (Wildman–Crippen LogP) is 12.3. The summed E-state index contributed by atoms with van der Waals surface area (Å²) in [5.74, 6) is 0.719. The SMILES string of the molecule is CC1(C)c2cc3ccccc3cc2-c2c(-c3ccc(-c4ccc(-c5nc(-c6ccccc6)cc(-c6ccccc6)n5)cc4)cc3)cccc21. The highest BCUT2D eigenvalue weighted by atomic mass is 14.9. The minimum atomic E-state index is -0.0570. The van der Waals surface area contributed by atoms with Gasteiger partial charge in [0, 0.05) is 22.1 Å². The molecule has 9 rings (SSSR count). The number of fused-ring (bicyclic) bond motifs is 4. The smallest absolute Gasteiger partial charge is 0.160 e. The average molecular weight is 627 g/mol. The monoisotopic (exact) mass is 626 g/mol. The normalized spacial score (nSPS) is 12.9. The summed E-state index contributed by atoms with van der Waals surface area (Å²) in [6.07, 6.45) is 0. The summed E-state index contributed by atoms with van der Waals surface area (Å²) < 4.78 is 0. The summed E-state index contributed by atoms with van der Waals surface area (Å²) >= 11 is 0. The first kappa shape index (κ1) is 29.1. The highest BCUT2D eigenvalue weighted by Crippen LogP contribution is 2.53. The zero-order chi connectivity index (χ0) is 33.0. The molecule has 7 aromatic carbocycles. The molecule has 0 spiro atoms. The van der Waals surface area contributed by atoms with Crippen LogP contribution in [-0.2, 0) is 5.41 Å². The van der Waals surface area contributed by atoms with Crippen LogP contribution in [0.25, 0.3) is 78.1 Å². The van der Waals surface area contributed by atoms with Crippen molar-refractivity contribution in [3.05, 3.63) is 181 Å². The van der Waals surface area contributed by atoms with Gasteiger partial charge in [-0.1, -0.05) is 166 Å². The molecule has 1 heterocycles. The maximum absolute atomic E-state index is 5.01. The molecule has 232 valence electrons. The first-order valence-corrected chi connectivity index (χ1v) is 16.9. The fraction of sp³-hybridized carbons (Fsp3) is 0.0638. The molecule has 1 aliphatic rings. The maximum atomic E-state index is 5.01. The van der Waals surface area contributed by atoms with Crippen molar-refractivity contribution in [2.24, 2.45) is 0 Å². The molecule has 0 bridgehead atoms. The molecular formula is C47H34N2. The number of rotatable bonds is 5. The highest BCUT2D eigenvalue weighted by molar-refractivity contribution is 5.98. The van der Waals surface area contributed by atoms with E-state index in [-0.39, 0.29) is 5.41 Å². The Bertz CT molecular complexity index is 2420. The fourth-order valence-corrected chi connectivity index (χ4v) is 7.46. The summed E-state index contributed by atoms with van der Waals surface area (Å²) in [7, 11) is 0. The lowest BCUT2D eigenvalue weighted by molar-refractivity contribution is 0.661. The summed E-state index contributed by atoms with van der Waals surface area (Å²) in [6, 6.07) is 60.6. The molecular weight excluding hydrogens is 593 g/mol. The molecule has 0 fully saturated rings. The molecule has 0 N–H and O–H groups in total. The van der Waals surface area contributed by atoms with Crippen molar-refractivity contribution >= 4 is 10.8 Å². The Morgan fingerprint density at radius 3 is 1.47 bits per heavy atom. The van der Waals surface area contributed by atoms with Crippen LogP contribution in [0.1, 0.15) is 25.0 Å². The second-order valence-electron chi connectivity index (χ2n) is 13.4. The Balaban J connectivity index is 1.06. The quantitative estimate of drug-likeness (QED) is 0.190. The van der Waals surface area contributed by atoms with Gasteiger partial charge in [-0.05, 0) is 73.5 Å². The van der Waals surface area contributed by atoms with Gasteiger partial charge in [0.05, 0.1) is 11.4 Å². The number of hydrogen-bond donors (Lipinski definition) is 0. The van der Waals surface area contributed by atoms with Crippen molar-refractivity contribution in [3.8, 4) is 67.3 Å². The van der Waals surface area contributed by atoms with E-state index in [0.29, 0.717) is 0 Å². The number of benzene rings is 7. The fourth-order valence-electron chi connectivity index (χ4n) is 7.46. The van der Waals surface area contributed by atoms with Crippen molar-refractivity contribution < 1.29 is 0 Å². The Labute approximate surface area is 287 Å². The third-order valence-corrected chi connectivity index (χ3v) is 10.1. The van der Waals surface area contributed by atoms with Crippen LogP contribution < -0.4 is 0 Å². The van der Waals surface area contributed by atoms with Crippen LogP contribution in [0.2, 0.25) is 0 Å². The largest absolute Gasteiger partial charge is 0.228 e. The maximum Gasteiger partial charge on any atom is 0.160 e. The van der Waals surface area contributed by atoms with Gasteiger partial charge in [-0.3, -0.25) is 0 Å². The molecule has 0 aliphatic heterocycles. The van der Waals surface area contributed by atoms with E-state index < -0.39 is 0 Å². The van der Waals surface area contributed by atoms with Gasteiger partial charge in [-0.15, -0.1) is 0 Å². The lowest BCUT2D eigenvalue weighted by Gasteiger charge is -2.22. The van der Waals surface area contributed by atoms with E-state index in [1.165, 1.54) is 49.7 Å². The molecule has 1 aromatic heterocycles. The zero-order valence-corrected chi connectivity index (χ0v) is 27.6. The molecule has 49 heavy (non-hydrogen) atoms. The lowest BCUT2D eigenvalue weighted by atomic mass is 9.81. The number of aromatic nitrogens is 2. The van der Waals surface area contributed by atoms with Crippen molar-refractivity contribution in [2.45, 2.75) is 19.3 Å². The zero-order valence-electron chi connectivity index (χ0n) is 27.6. The van der Waals surface area contributed by atoms with Crippen LogP contribution in [0.3, 0.4) is 0 Å². The van der Waals surface area contributed by atoms with Gasteiger partial charge in [0.1, 0.15) is 0 Å². The number of hydrogen-bond acceptors (Lipinski definition) is 2.